The van der Waals surface area contributed by atoms with Crippen molar-refractivity contribution in [3.8, 4) is 0 Å². The highest BCUT2D eigenvalue weighted by atomic mass is 16.5. The number of ether oxygens (including phenoxy) is 1. The Morgan fingerprint density at radius 2 is 1.74 bits per heavy atom. The van der Waals surface area contributed by atoms with Gasteiger partial charge in [0.15, 0.2) is 0 Å². The number of methoxy groups -OCH3 is 1. The second-order valence-corrected chi connectivity index (χ2v) is 9.62. The van der Waals surface area contributed by atoms with Gasteiger partial charge in [0.05, 0.1) is 23.7 Å². The van der Waals surface area contributed by atoms with Crippen LogP contribution in [-0.4, -0.2) is 71.5 Å². The van der Waals surface area contributed by atoms with Gasteiger partial charge in [-0.2, -0.15) is 0 Å². The molecule has 1 aliphatic heterocycles. The molecule has 1 aliphatic rings. The fourth-order valence-electron chi connectivity index (χ4n) is 5.22. The molecule has 1 amide bonds. The molecule has 2 heterocycles. The number of carbonyl (C=O) groups excluding carboxylic acids is 2. The molecule has 1 aromatic carbocycles. The smallest absolute Gasteiger partial charge is 0.337 e. The summed E-state index contributed by atoms with van der Waals surface area (Å²) in [7, 11) is 1.40. The normalized spacial score (nSPS) is 16.5. The van der Waals surface area contributed by atoms with Crippen molar-refractivity contribution in [2.45, 2.75) is 58.8 Å². The van der Waals surface area contributed by atoms with Gasteiger partial charge in [-0.25, -0.2) is 14.8 Å². The number of likely N-dealkylation sites (tertiary alicyclic amines) is 1. The second kappa shape index (κ2) is 12.2. The third-order valence-electron chi connectivity index (χ3n) is 7.27. The van der Waals surface area contributed by atoms with Crippen molar-refractivity contribution in [1.82, 2.24) is 19.8 Å². The molecule has 1 saturated heterocycles. The van der Waals surface area contributed by atoms with Gasteiger partial charge in [-0.1, -0.05) is 32.4 Å². The summed E-state index contributed by atoms with van der Waals surface area (Å²) in [4.78, 5) is 38.8. The van der Waals surface area contributed by atoms with E-state index in [2.05, 4.69) is 24.8 Å². The molecular formula is C28H40N4O3. The minimum Gasteiger partial charge on any atom is -0.465 e. The summed E-state index contributed by atoms with van der Waals surface area (Å²) in [6.45, 7) is 12.7. The topological polar surface area (TPSA) is 75.6 Å². The average molecular weight is 481 g/mol. The molecule has 0 saturated carbocycles. The van der Waals surface area contributed by atoms with Crippen molar-refractivity contribution in [1.29, 1.82) is 0 Å². The number of hydrogen-bond acceptors (Lipinski definition) is 6. The third kappa shape index (κ3) is 6.07. The zero-order valence-electron chi connectivity index (χ0n) is 21.9. The number of rotatable bonds is 10. The lowest BCUT2D eigenvalue weighted by molar-refractivity contribution is 0.0600. The number of aromatic nitrogens is 2. The van der Waals surface area contributed by atoms with Gasteiger partial charge in [0.2, 0.25) is 0 Å². The van der Waals surface area contributed by atoms with E-state index in [1.165, 1.54) is 20.0 Å². The van der Waals surface area contributed by atoms with E-state index in [4.69, 9.17) is 14.7 Å². The zero-order chi connectivity index (χ0) is 25.4. The molecule has 1 unspecified atom stereocenters. The lowest BCUT2D eigenvalue weighted by Crippen LogP contribution is -2.45. The predicted octanol–water partition coefficient (Wildman–Crippen LogP) is 4.56. The molecule has 2 aromatic rings. The second-order valence-electron chi connectivity index (χ2n) is 9.62. The van der Waals surface area contributed by atoms with Crippen molar-refractivity contribution >= 4 is 11.9 Å². The van der Waals surface area contributed by atoms with Crippen LogP contribution >= 0.6 is 0 Å². The van der Waals surface area contributed by atoms with Crippen LogP contribution in [-0.2, 0) is 10.2 Å². The van der Waals surface area contributed by atoms with Gasteiger partial charge in [0, 0.05) is 32.0 Å². The Morgan fingerprint density at radius 1 is 1.09 bits per heavy atom. The van der Waals surface area contributed by atoms with Crippen LogP contribution in [0.1, 0.15) is 85.5 Å². The fraction of sp³-hybridized carbons (Fsp3) is 0.571. The van der Waals surface area contributed by atoms with Crippen LogP contribution in [0, 0.1) is 5.92 Å². The minimum atomic E-state index is -0.425. The molecule has 1 fully saturated rings. The molecule has 3 rings (SSSR count). The summed E-state index contributed by atoms with van der Waals surface area (Å²) in [5.41, 5.74) is 1.62. The fourth-order valence-corrected chi connectivity index (χ4v) is 5.22. The monoisotopic (exact) mass is 480 g/mol. The molecule has 1 aromatic heterocycles. The Labute approximate surface area is 209 Å². The van der Waals surface area contributed by atoms with Crippen molar-refractivity contribution < 1.29 is 14.3 Å². The quantitative estimate of drug-likeness (QED) is 0.464. The summed E-state index contributed by atoms with van der Waals surface area (Å²) in [5.74, 6) is 0.963. The maximum absolute atomic E-state index is 12.8. The summed E-state index contributed by atoms with van der Waals surface area (Å²) in [6.07, 6.45) is 7.44. The number of benzene rings is 1. The van der Waals surface area contributed by atoms with E-state index in [1.807, 2.05) is 26.0 Å². The standard InChI is InChI=1S/C28H40N4O3/c1-6-10-21(4)20-31-15-13-28(14-16-31,24-12-9-11-22(17-24)26(34)35-5)27-29-18-23(19-30-27)25(33)32(7-2)8-3/h9,11-12,17-19,21H,6-8,10,13-16,20H2,1-5H3. The van der Waals surface area contributed by atoms with Crippen LogP contribution in [0.15, 0.2) is 36.7 Å². The van der Waals surface area contributed by atoms with Crippen molar-refractivity contribution in [3.05, 3.63) is 59.2 Å². The highest BCUT2D eigenvalue weighted by Gasteiger charge is 2.41. The highest BCUT2D eigenvalue weighted by Crippen LogP contribution is 2.40. The van der Waals surface area contributed by atoms with E-state index in [0.717, 1.165) is 38.0 Å². The van der Waals surface area contributed by atoms with Gasteiger partial charge in [0.1, 0.15) is 5.82 Å². The first-order valence-corrected chi connectivity index (χ1v) is 12.9. The first-order valence-electron chi connectivity index (χ1n) is 12.9. The van der Waals surface area contributed by atoms with Crippen LogP contribution < -0.4 is 0 Å². The van der Waals surface area contributed by atoms with Crippen LogP contribution in [0.4, 0.5) is 0 Å². The lowest BCUT2D eigenvalue weighted by atomic mass is 9.71. The molecule has 7 heteroatoms. The highest BCUT2D eigenvalue weighted by molar-refractivity contribution is 5.93. The Balaban J connectivity index is 1.94. The summed E-state index contributed by atoms with van der Waals surface area (Å²) < 4.78 is 4.97. The number of carbonyl (C=O) groups is 2. The third-order valence-corrected chi connectivity index (χ3v) is 7.27. The predicted molar refractivity (Wildman–Crippen MR) is 138 cm³/mol. The van der Waals surface area contributed by atoms with E-state index in [1.54, 1.807) is 23.4 Å². The van der Waals surface area contributed by atoms with E-state index < -0.39 is 5.41 Å². The Hall–Kier alpha value is -2.80. The van der Waals surface area contributed by atoms with Crippen molar-refractivity contribution in [2.75, 3.05) is 39.8 Å². The van der Waals surface area contributed by atoms with Gasteiger partial charge in [-0.3, -0.25) is 4.79 Å². The molecule has 0 bridgehead atoms. The molecule has 0 spiro atoms. The Kier molecular flexibility index (Phi) is 9.38. The largest absolute Gasteiger partial charge is 0.465 e. The number of hydrogen-bond donors (Lipinski definition) is 0. The number of nitrogens with zero attached hydrogens (tertiary/aromatic N) is 4. The first kappa shape index (κ1) is 26.8. The van der Waals surface area contributed by atoms with Gasteiger partial charge in [0.25, 0.3) is 5.91 Å². The van der Waals surface area contributed by atoms with Gasteiger partial charge in [-0.15, -0.1) is 0 Å². The molecule has 1 atom stereocenters. The maximum atomic E-state index is 12.8. The molecule has 190 valence electrons. The molecule has 0 N–H and O–H groups in total. The molecule has 0 radical (unpaired) electrons. The van der Waals surface area contributed by atoms with Crippen molar-refractivity contribution in [3.63, 3.8) is 0 Å². The van der Waals surface area contributed by atoms with Gasteiger partial charge < -0.3 is 14.5 Å². The van der Waals surface area contributed by atoms with E-state index in [9.17, 15) is 9.59 Å². The van der Waals surface area contributed by atoms with Crippen LogP contribution in [0.2, 0.25) is 0 Å². The van der Waals surface area contributed by atoms with Crippen LogP contribution in [0.3, 0.4) is 0 Å². The van der Waals surface area contributed by atoms with Crippen LogP contribution in [0.5, 0.6) is 0 Å². The molecule has 0 aliphatic carbocycles. The SMILES string of the molecule is CCCC(C)CN1CCC(c2cccc(C(=O)OC)c2)(c2ncc(C(=O)N(CC)CC)cn2)CC1. The molecule has 35 heavy (non-hydrogen) atoms. The first-order chi connectivity index (χ1) is 16.9. The summed E-state index contributed by atoms with van der Waals surface area (Å²) in [5, 5.41) is 0. The zero-order valence-corrected chi connectivity index (χ0v) is 21.9. The average Bonchev–Trinajstić information content (AvgIpc) is 2.89. The van der Waals surface area contributed by atoms with Crippen molar-refractivity contribution in [2.24, 2.45) is 5.92 Å². The number of piperidine rings is 1. The summed E-state index contributed by atoms with van der Waals surface area (Å²) in [6, 6.07) is 7.65. The molecule has 7 nitrogen and oxygen atoms in total. The summed E-state index contributed by atoms with van der Waals surface area (Å²) >= 11 is 0. The Bertz CT molecular complexity index is 980. The van der Waals surface area contributed by atoms with Crippen LogP contribution in [0.25, 0.3) is 0 Å². The Morgan fingerprint density at radius 3 is 2.31 bits per heavy atom. The van der Waals surface area contributed by atoms with Gasteiger partial charge >= 0.3 is 5.97 Å². The lowest BCUT2D eigenvalue weighted by Gasteiger charge is -2.42. The number of amides is 1. The van der Waals surface area contributed by atoms with E-state index >= 15 is 0 Å². The van der Waals surface area contributed by atoms with E-state index in [0.29, 0.717) is 36.0 Å². The minimum absolute atomic E-state index is 0.0528. The number of esters is 1. The van der Waals surface area contributed by atoms with E-state index in [-0.39, 0.29) is 11.9 Å². The maximum Gasteiger partial charge on any atom is 0.337 e. The van der Waals surface area contributed by atoms with Gasteiger partial charge in [-0.05, 0) is 69.8 Å². The molecular weight excluding hydrogens is 440 g/mol.